The van der Waals surface area contributed by atoms with Crippen LogP contribution in [0.1, 0.15) is 44.2 Å². The summed E-state index contributed by atoms with van der Waals surface area (Å²) in [7, 11) is 0. The van der Waals surface area contributed by atoms with Gasteiger partial charge in [-0.2, -0.15) is 5.10 Å². The van der Waals surface area contributed by atoms with Crippen LogP contribution in [0.15, 0.2) is 29.4 Å². The summed E-state index contributed by atoms with van der Waals surface area (Å²) in [5, 5.41) is 9.80. The van der Waals surface area contributed by atoms with Crippen molar-refractivity contribution in [3.8, 4) is 0 Å². The lowest BCUT2D eigenvalue weighted by Gasteiger charge is -2.33. The van der Waals surface area contributed by atoms with Crippen molar-refractivity contribution in [3.05, 3.63) is 35.4 Å². The number of hydrazone groups is 1. The van der Waals surface area contributed by atoms with E-state index in [1.165, 1.54) is 5.56 Å². The van der Waals surface area contributed by atoms with Gasteiger partial charge in [-0.25, -0.2) is 5.01 Å². The third kappa shape index (κ3) is 2.80. The van der Waals surface area contributed by atoms with E-state index in [1.807, 2.05) is 12.1 Å². The highest BCUT2D eigenvalue weighted by molar-refractivity contribution is 6.04. The van der Waals surface area contributed by atoms with Crippen LogP contribution in [-0.4, -0.2) is 35.3 Å². The van der Waals surface area contributed by atoms with Gasteiger partial charge < -0.3 is 5.32 Å². The van der Waals surface area contributed by atoms with Gasteiger partial charge in [0.25, 0.3) is 0 Å². The number of nitrogens with one attached hydrogen (secondary N) is 1. The Labute approximate surface area is 132 Å². The third-order valence-corrected chi connectivity index (χ3v) is 4.75. The molecule has 2 aliphatic rings. The predicted octanol–water partition coefficient (Wildman–Crippen LogP) is 2.71. The topological polar surface area (TPSA) is 44.7 Å². The molecule has 2 heterocycles. The molecule has 1 amide bonds. The maximum Gasteiger partial charge on any atom is 0.246 e. The van der Waals surface area contributed by atoms with Crippen LogP contribution in [0.2, 0.25) is 0 Å². The SMILES string of the molecule is Cc1ccccc1C1=NN(C(=O)C2CCNCC2)C(C)(C)C1. The van der Waals surface area contributed by atoms with Gasteiger partial charge in [-0.3, -0.25) is 4.79 Å². The molecule has 0 unspecified atom stereocenters. The maximum absolute atomic E-state index is 12.9. The zero-order valence-electron chi connectivity index (χ0n) is 13.7. The fraction of sp³-hybridized carbons (Fsp3) is 0.556. The van der Waals surface area contributed by atoms with Gasteiger partial charge in [0, 0.05) is 17.9 Å². The normalized spacial score (nSPS) is 21.8. The first-order valence-electron chi connectivity index (χ1n) is 8.17. The molecule has 1 saturated heterocycles. The molecule has 4 heteroatoms. The van der Waals surface area contributed by atoms with Gasteiger partial charge in [-0.15, -0.1) is 0 Å². The third-order valence-electron chi connectivity index (χ3n) is 4.75. The van der Waals surface area contributed by atoms with Crippen molar-refractivity contribution in [2.24, 2.45) is 11.0 Å². The highest BCUT2D eigenvalue weighted by Crippen LogP contribution is 2.32. The Morgan fingerprint density at radius 2 is 1.95 bits per heavy atom. The summed E-state index contributed by atoms with van der Waals surface area (Å²) in [4.78, 5) is 12.9. The maximum atomic E-state index is 12.9. The fourth-order valence-corrected chi connectivity index (χ4v) is 3.41. The molecule has 0 aromatic heterocycles. The van der Waals surface area contributed by atoms with E-state index in [0.29, 0.717) is 0 Å². The van der Waals surface area contributed by atoms with Crippen molar-refractivity contribution in [2.75, 3.05) is 13.1 Å². The van der Waals surface area contributed by atoms with Crippen LogP contribution in [0.5, 0.6) is 0 Å². The summed E-state index contributed by atoms with van der Waals surface area (Å²) < 4.78 is 0. The smallest absolute Gasteiger partial charge is 0.246 e. The lowest BCUT2D eigenvalue weighted by Crippen LogP contribution is -2.46. The molecule has 118 valence electrons. The lowest BCUT2D eigenvalue weighted by molar-refractivity contribution is -0.140. The molecule has 2 aliphatic heterocycles. The number of aryl methyl sites for hydroxylation is 1. The Kier molecular flexibility index (Phi) is 4.04. The van der Waals surface area contributed by atoms with Crippen LogP contribution in [0.4, 0.5) is 0 Å². The van der Waals surface area contributed by atoms with E-state index in [1.54, 1.807) is 5.01 Å². The number of hydrogen-bond donors (Lipinski definition) is 1. The average Bonchev–Trinajstić information content (AvgIpc) is 2.83. The summed E-state index contributed by atoms with van der Waals surface area (Å²) in [6, 6.07) is 8.28. The highest BCUT2D eigenvalue weighted by Gasteiger charge is 2.41. The molecule has 1 aromatic rings. The number of carbonyl (C=O) groups excluding carboxylic acids is 1. The number of hydrogen-bond acceptors (Lipinski definition) is 3. The first-order valence-corrected chi connectivity index (χ1v) is 8.17. The number of benzene rings is 1. The minimum Gasteiger partial charge on any atom is -0.317 e. The minimum absolute atomic E-state index is 0.112. The number of rotatable bonds is 2. The predicted molar refractivity (Wildman–Crippen MR) is 88.9 cm³/mol. The van der Waals surface area contributed by atoms with Gasteiger partial charge in [-0.1, -0.05) is 24.3 Å². The molecule has 0 atom stereocenters. The Balaban J connectivity index is 1.87. The standard InChI is InChI=1S/C18H25N3O/c1-13-6-4-5-7-15(13)16-12-18(2,3)21(20-16)17(22)14-8-10-19-11-9-14/h4-7,14,19H,8-12H2,1-3H3. The van der Waals surface area contributed by atoms with E-state index in [4.69, 9.17) is 5.10 Å². The summed E-state index contributed by atoms with van der Waals surface area (Å²) >= 11 is 0. The molecular formula is C18H25N3O. The van der Waals surface area contributed by atoms with Crippen molar-refractivity contribution in [1.82, 2.24) is 10.3 Å². The van der Waals surface area contributed by atoms with Crippen LogP contribution in [0, 0.1) is 12.8 Å². The second-order valence-electron chi connectivity index (χ2n) is 7.03. The van der Waals surface area contributed by atoms with E-state index in [9.17, 15) is 4.79 Å². The van der Waals surface area contributed by atoms with Crippen LogP contribution < -0.4 is 5.32 Å². The molecule has 22 heavy (non-hydrogen) atoms. The largest absolute Gasteiger partial charge is 0.317 e. The molecule has 0 radical (unpaired) electrons. The highest BCUT2D eigenvalue weighted by atomic mass is 16.2. The van der Waals surface area contributed by atoms with E-state index in [2.05, 4.69) is 38.2 Å². The first-order chi connectivity index (χ1) is 10.5. The minimum atomic E-state index is -0.237. The van der Waals surface area contributed by atoms with Crippen molar-refractivity contribution in [3.63, 3.8) is 0 Å². The number of carbonyl (C=O) groups is 1. The summed E-state index contributed by atoms with van der Waals surface area (Å²) in [5.74, 6) is 0.301. The van der Waals surface area contributed by atoms with E-state index in [0.717, 1.165) is 43.6 Å². The monoisotopic (exact) mass is 299 g/mol. The Bertz CT molecular complexity index is 600. The molecule has 3 rings (SSSR count). The van der Waals surface area contributed by atoms with Crippen LogP contribution in [0.25, 0.3) is 0 Å². The Hall–Kier alpha value is -1.68. The molecule has 0 aliphatic carbocycles. The lowest BCUT2D eigenvalue weighted by atomic mass is 9.91. The zero-order valence-corrected chi connectivity index (χ0v) is 13.7. The van der Waals surface area contributed by atoms with Gasteiger partial charge >= 0.3 is 0 Å². The molecule has 0 spiro atoms. The molecule has 0 bridgehead atoms. The summed E-state index contributed by atoms with van der Waals surface area (Å²) in [6.07, 6.45) is 2.65. The molecule has 0 saturated carbocycles. The zero-order chi connectivity index (χ0) is 15.7. The van der Waals surface area contributed by atoms with Gasteiger partial charge in [0.2, 0.25) is 5.91 Å². The molecule has 4 nitrogen and oxygen atoms in total. The van der Waals surface area contributed by atoms with Crippen molar-refractivity contribution in [1.29, 1.82) is 0 Å². The summed E-state index contributed by atoms with van der Waals surface area (Å²) in [5.41, 5.74) is 3.18. The Morgan fingerprint density at radius 3 is 2.64 bits per heavy atom. The molecule has 1 fully saturated rings. The van der Waals surface area contributed by atoms with Crippen molar-refractivity contribution >= 4 is 11.6 Å². The van der Waals surface area contributed by atoms with E-state index in [-0.39, 0.29) is 17.4 Å². The number of amides is 1. The van der Waals surface area contributed by atoms with Crippen LogP contribution >= 0.6 is 0 Å². The number of nitrogens with zero attached hydrogens (tertiary/aromatic N) is 2. The van der Waals surface area contributed by atoms with Crippen LogP contribution in [0.3, 0.4) is 0 Å². The second kappa shape index (κ2) is 5.84. The average molecular weight is 299 g/mol. The van der Waals surface area contributed by atoms with Crippen molar-refractivity contribution in [2.45, 2.75) is 45.6 Å². The molecule has 1 aromatic carbocycles. The number of piperidine rings is 1. The quantitative estimate of drug-likeness (QED) is 0.912. The first kappa shape index (κ1) is 15.2. The Morgan fingerprint density at radius 1 is 1.27 bits per heavy atom. The van der Waals surface area contributed by atoms with Gasteiger partial charge in [0.15, 0.2) is 0 Å². The molecule has 1 N–H and O–H groups in total. The second-order valence-corrected chi connectivity index (χ2v) is 7.03. The van der Waals surface area contributed by atoms with Crippen LogP contribution in [-0.2, 0) is 4.79 Å². The van der Waals surface area contributed by atoms with E-state index < -0.39 is 0 Å². The van der Waals surface area contributed by atoms with Crippen molar-refractivity contribution < 1.29 is 4.79 Å². The van der Waals surface area contributed by atoms with Gasteiger partial charge in [0.05, 0.1) is 11.3 Å². The van der Waals surface area contributed by atoms with E-state index >= 15 is 0 Å². The van der Waals surface area contributed by atoms with Gasteiger partial charge in [0.1, 0.15) is 0 Å². The van der Waals surface area contributed by atoms with Gasteiger partial charge in [-0.05, 0) is 52.3 Å². The summed E-state index contributed by atoms with van der Waals surface area (Å²) in [6.45, 7) is 8.18. The fourth-order valence-electron chi connectivity index (χ4n) is 3.41. The molecular weight excluding hydrogens is 274 g/mol.